The number of H-pyrrole nitrogens is 1. The van der Waals surface area contributed by atoms with E-state index in [0.717, 1.165) is 5.56 Å². The minimum atomic E-state index is -3.48. The number of rotatable bonds is 4. The number of hydrogen-bond acceptors (Lipinski definition) is 4. The molecule has 0 bridgehead atoms. The first kappa shape index (κ1) is 16.2. The molecule has 0 radical (unpaired) electrons. The molecule has 0 fully saturated rings. The van der Waals surface area contributed by atoms with Crippen molar-refractivity contribution in [1.82, 2.24) is 14.3 Å². The summed E-state index contributed by atoms with van der Waals surface area (Å²) >= 11 is 7.88. The summed E-state index contributed by atoms with van der Waals surface area (Å²) in [4.78, 5) is 7.68. The maximum Gasteiger partial charge on any atom is 0.242 e. The van der Waals surface area contributed by atoms with Crippen molar-refractivity contribution < 1.29 is 8.42 Å². The van der Waals surface area contributed by atoms with Gasteiger partial charge in [0.05, 0.1) is 21.0 Å². The van der Waals surface area contributed by atoms with Crippen LogP contribution in [0.3, 0.4) is 0 Å². The predicted molar refractivity (Wildman–Crippen MR) is 95.0 cm³/mol. The van der Waals surface area contributed by atoms with Gasteiger partial charge in [0.1, 0.15) is 5.82 Å². The van der Waals surface area contributed by atoms with E-state index in [2.05, 4.69) is 9.97 Å². The molecule has 0 unspecified atom stereocenters. The van der Waals surface area contributed by atoms with Gasteiger partial charge in [0, 0.05) is 14.1 Å². The molecule has 120 valence electrons. The monoisotopic (exact) mass is 367 g/mol. The van der Waals surface area contributed by atoms with Crippen molar-refractivity contribution >= 4 is 55.1 Å². The van der Waals surface area contributed by atoms with Gasteiger partial charge in [-0.15, -0.1) is 0 Å². The third-order valence-electron chi connectivity index (χ3n) is 3.29. The minimum absolute atomic E-state index is 0.211. The molecular weight excluding hydrogens is 354 g/mol. The first-order valence-corrected chi connectivity index (χ1v) is 9.46. The summed E-state index contributed by atoms with van der Waals surface area (Å²) in [6.45, 7) is 0. The summed E-state index contributed by atoms with van der Waals surface area (Å²) in [6.07, 6.45) is 1.81. The zero-order valence-electron chi connectivity index (χ0n) is 12.4. The molecule has 0 saturated carbocycles. The van der Waals surface area contributed by atoms with E-state index in [9.17, 15) is 8.42 Å². The Morgan fingerprint density at radius 2 is 2.13 bits per heavy atom. The molecule has 3 aromatic rings. The van der Waals surface area contributed by atoms with Crippen molar-refractivity contribution in [2.24, 2.45) is 0 Å². The zero-order chi connectivity index (χ0) is 16.6. The maximum absolute atomic E-state index is 12.2. The summed E-state index contributed by atoms with van der Waals surface area (Å²) in [5, 5.41) is 4.41. The van der Waals surface area contributed by atoms with E-state index in [1.807, 2.05) is 22.9 Å². The molecule has 5 nitrogen and oxygen atoms in total. The van der Waals surface area contributed by atoms with E-state index in [1.165, 1.54) is 18.4 Å². The molecule has 0 aliphatic heterocycles. The number of imidazole rings is 1. The number of benzene rings is 1. The second-order valence-electron chi connectivity index (χ2n) is 5.10. The van der Waals surface area contributed by atoms with Gasteiger partial charge in [0.25, 0.3) is 0 Å². The number of aromatic amines is 1. The quantitative estimate of drug-likeness (QED) is 0.766. The van der Waals surface area contributed by atoms with Crippen LogP contribution in [0.2, 0.25) is 0 Å². The lowest BCUT2D eigenvalue weighted by Gasteiger charge is -2.10. The van der Waals surface area contributed by atoms with E-state index >= 15 is 0 Å². The summed E-state index contributed by atoms with van der Waals surface area (Å²) in [6, 6.07) is 6.73. The number of halogens is 1. The van der Waals surface area contributed by atoms with Crippen LogP contribution in [0, 0.1) is 0 Å². The van der Waals surface area contributed by atoms with Gasteiger partial charge in [-0.1, -0.05) is 11.6 Å². The molecule has 0 aliphatic rings. The molecule has 3 rings (SSSR count). The highest BCUT2D eigenvalue weighted by Crippen LogP contribution is 2.25. The van der Waals surface area contributed by atoms with E-state index in [-0.39, 0.29) is 4.90 Å². The molecular formula is C15H14ClN3O2S2. The summed E-state index contributed by atoms with van der Waals surface area (Å²) < 4.78 is 25.5. The third-order valence-corrected chi connectivity index (χ3v) is 6.10. The van der Waals surface area contributed by atoms with E-state index < -0.39 is 10.0 Å². The van der Waals surface area contributed by atoms with Gasteiger partial charge in [0.15, 0.2) is 0 Å². The highest BCUT2D eigenvalue weighted by molar-refractivity contribution is 7.89. The Kier molecular flexibility index (Phi) is 4.29. The summed E-state index contributed by atoms with van der Waals surface area (Å²) in [7, 11) is -0.484. The van der Waals surface area contributed by atoms with Crippen LogP contribution in [0.15, 0.2) is 39.9 Å². The molecule has 0 aliphatic carbocycles. The lowest BCUT2D eigenvalue weighted by atomic mass is 10.3. The molecule has 0 saturated heterocycles. The number of nitrogens with zero attached hydrogens (tertiary/aromatic N) is 2. The van der Waals surface area contributed by atoms with Crippen molar-refractivity contribution in [2.75, 3.05) is 14.1 Å². The van der Waals surface area contributed by atoms with Crippen LogP contribution < -0.4 is 0 Å². The fourth-order valence-corrected chi connectivity index (χ4v) is 3.81. The molecule has 2 aromatic heterocycles. The van der Waals surface area contributed by atoms with Crippen LogP contribution in [0.5, 0.6) is 0 Å². The van der Waals surface area contributed by atoms with Crippen LogP contribution in [0.4, 0.5) is 0 Å². The fraction of sp³-hybridized carbons (Fsp3) is 0.133. The van der Waals surface area contributed by atoms with Crippen molar-refractivity contribution in [3.63, 3.8) is 0 Å². The van der Waals surface area contributed by atoms with Gasteiger partial charge in [-0.2, -0.15) is 11.3 Å². The van der Waals surface area contributed by atoms with Crippen molar-refractivity contribution in [3.8, 4) is 0 Å². The molecule has 8 heteroatoms. The average molecular weight is 368 g/mol. The number of thiophene rings is 1. The topological polar surface area (TPSA) is 66.1 Å². The number of hydrogen-bond donors (Lipinski definition) is 1. The first-order chi connectivity index (χ1) is 10.9. The predicted octanol–water partition coefficient (Wildman–Crippen LogP) is 3.61. The third kappa shape index (κ3) is 3.18. The smallest absolute Gasteiger partial charge is 0.242 e. The molecule has 1 N–H and O–H groups in total. The van der Waals surface area contributed by atoms with E-state index in [0.29, 0.717) is 21.9 Å². The van der Waals surface area contributed by atoms with Gasteiger partial charge in [-0.25, -0.2) is 17.7 Å². The minimum Gasteiger partial charge on any atom is -0.337 e. The van der Waals surface area contributed by atoms with Crippen LogP contribution >= 0.6 is 22.9 Å². The summed E-state index contributed by atoms with van der Waals surface area (Å²) in [5.41, 5.74) is 2.28. The normalized spacial score (nSPS) is 13.1. The second-order valence-corrected chi connectivity index (χ2v) is 8.44. The van der Waals surface area contributed by atoms with Crippen molar-refractivity contribution in [3.05, 3.63) is 46.4 Å². The highest BCUT2D eigenvalue weighted by Gasteiger charge is 2.18. The Morgan fingerprint density at radius 3 is 2.78 bits per heavy atom. The second kappa shape index (κ2) is 6.09. The number of fused-ring (bicyclic) bond motifs is 1. The highest BCUT2D eigenvalue weighted by atomic mass is 35.5. The van der Waals surface area contributed by atoms with Crippen LogP contribution in [-0.4, -0.2) is 36.8 Å². The van der Waals surface area contributed by atoms with Crippen LogP contribution in [0.1, 0.15) is 11.4 Å². The largest absolute Gasteiger partial charge is 0.337 e. The lowest BCUT2D eigenvalue weighted by molar-refractivity contribution is 0.521. The van der Waals surface area contributed by atoms with E-state index in [4.69, 9.17) is 11.6 Å². The molecule has 0 spiro atoms. The Hall–Kier alpha value is -1.67. The SMILES string of the molecule is CN(C)S(=O)(=O)c1ccc2nc(/C(Cl)=C/c3ccsc3)[nH]c2c1. The van der Waals surface area contributed by atoms with Gasteiger partial charge in [-0.05, 0) is 46.7 Å². The maximum atomic E-state index is 12.2. The first-order valence-electron chi connectivity index (χ1n) is 6.70. The molecule has 0 atom stereocenters. The standard InChI is InChI=1S/C15H14ClN3O2S2/c1-19(2)23(20,21)11-3-4-13-14(8-11)18-15(17-13)12(16)7-10-5-6-22-9-10/h3-9H,1-2H3,(H,17,18)/b12-7-. The number of nitrogens with one attached hydrogen (secondary N) is 1. The Morgan fingerprint density at radius 1 is 1.35 bits per heavy atom. The molecule has 2 heterocycles. The number of aromatic nitrogens is 2. The van der Waals surface area contributed by atoms with Gasteiger partial charge < -0.3 is 4.98 Å². The van der Waals surface area contributed by atoms with Crippen LogP contribution in [-0.2, 0) is 10.0 Å². The van der Waals surface area contributed by atoms with Gasteiger partial charge in [-0.3, -0.25) is 0 Å². The lowest BCUT2D eigenvalue weighted by Crippen LogP contribution is -2.22. The van der Waals surface area contributed by atoms with Crippen LogP contribution in [0.25, 0.3) is 22.1 Å². The fourth-order valence-electron chi connectivity index (χ4n) is 2.04. The molecule has 0 amide bonds. The Balaban J connectivity index is 2.03. The molecule has 23 heavy (non-hydrogen) atoms. The van der Waals surface area contributed by atoms with Crippen molar-refractivity contribution in [1.29, 1.82) is 0 Å². The average Bonchev–Trinajstić information content (AvgIpc) is 3.14. The zero-order valence-corrected chi connectivity index (χ0v) is 14.8. The van der Waals surface area contributed by atoms with E-state index in [1.54, 1.807) is 29.5 Å². The van der Waals surface area contributed by atoms with Gasteiger partial charge >= 0.3 is 0 Å². The summed E-state index contributed by atoms with van der Waals surface area (Å²) in [5.74, 6) is 0.507. The van der Waals surface area contributed by atoms with Gasteiger partial charge in [0.2, 0.25) is 10.0 Å². The Labute approximate surface area is 143 Å². The number of sulfonamides is 1. The molecule has 1 aromatic carbocycles. The van der Waals surface area contributed by atoms with Crippen molar-refractivity contribution in [2.45, 2.75) is 4.90 Å². The Bertz CT molecular complexity index is 973.